The normalized spacial score (nSPS) is 20.6. The summed E-state index contributed by atoms with van der Waals surface area (Å²) >= 11 is 0. The summed E-state index contributed by atoms with van der Waals surface area (Å²) in [6.07, 6.45) is 4.62. The lowest BCUT2D eigenvalue weighted by atomic mass is 9.79. The third-order valence-corrected chi connectivity index (χ3v) is 8.05. The maximum atomic E-state index is 15.9. The minimum Gasteiger partial charge on any atom is -0.462 e. The number of nitrogens with zero attached hydrogens (tertiary/aromatic N) is 1. The lowest BCUT2D eigenvalue weighted by Crippen LogP contribution is -2.42. The Balaban J connectivity index is 1.75. The summed E-state index contributed by atoms with van der Waals surface area (Å²) in [6, 6.07) is 13.0. The summed E-state index contributed by atoms with van der Waals surface area (Å²) < 4.78 is 49.1. The van der Waals surface area contributed by atoms with E-state index in [1.54, 1.807) is 49.4 Å². The zero-order valence-corrected chi connectivity index (χ0v) is 19.7. The first kappa shape index (κ1) is 23.4. The van der Waals surface area contributed by atoms with Gasteiger partial charge in [-0.15, -0.1) is 0 Å². The highest BCUT2D eigenvalue weighted by atomic mass is 32.2. The topological polar surface area (TPSA) is 63.7 Å². The Bertz CT molecular complexity index is 1220. The van der Waals surface area contributed by atoms with Crippen molar-refractivity contribution in [3.63, 3.8) is 0 Å². The molecule has 0 N–H and O–H groups in total. The van der Waals surface area contributed by atoms with E-state index in [0.717, 1.165) is 30.4 Å². The van der Waals surface area contributed by atoms with Crippen molar-refractivity contribution in [1.29, 1.82) is 0 Å². The number of sulfonamides is 1. The van der Waals surface area contributed by atoms with Gasteiger partial charge in [-0.05, 0) is 62.9 Å². The molecule has 1 aliphatic heterocycles. The quantitative estimate of drug-likeness (QED) is 0.441. The molecule has 0 aromatic heterocycles. The Hall–Kier alpha value is -2.77. The van der Waals surface area contributed by atoms with Crippen LogP contribution in [-0.4, -0.2) is 38.4 Å². The van der Waals surface area contributed by atoms with Crippen LogP contribution in [-0.2, 0) is 14.8 Å². The van der Waals surface area contributed by atoms with E-state index in [-0.39, 0.29) is 41.6 Å². The monoisotopic (exact) mass is 469 g/mol. The molecule has 0 spiro atoms. The van der Waals surface area contributed by atoms with Gasteiger partial charge in [0.2, 0.25) is 10.0 Å². The predicted octanol–water partition coefficient (Wildman–Crippen LogP) is 5.28. The fraction of sp³-hybridized carbons (Fsp3) is 0.346. The minimum atomic E-state index is -3.79. The number of allylic oxidation sites excluding steroid dienone is 1. The average Bonchev–Trinajstić information content (AvgIpc) is 2.83. The van der Waals surface area contributed by atoms with Crippen LogP contribution in [0, 0.1) is 12.8 Å². The zero-order chi connectivity index (χ0) is 23.6. The Labute approximate surface area is 194 Å². The highest BCUT2D eigenvalue weighted by Crippen LogP contribution is 2.41. The summed E-state index contributed by atoms with van der Waals surface area (Å²) in [5, 5.41) is 0. The zero-order valence-electron chi connectivity index (χ0n) is 18.9. The first-order valence-corrected chi connectivity index (χ1v) is 12.7. The number of hydrogen-bond acceptors (Lipinski definition) is 4. The molecule has 7 heteroatoms. The number of esters is 1. The predicted molar refractivity (Wildman–Crippen MR) is 126 cm³/mol. The van der Waals surface area contributed by atoms with E-state index in [2.05, 4.69) is 0 Å². The van der Waals surface area contributed by atoms with Crippen LogP contribution in [0.25, 0.3) is 5.83 Å². The molecule has 1 aliphatic carbocycles. The molecular formula is C26H28FNO4S. The van der Waals surface area contributed by atoms with Crippen molar-refractivity contribution in [2.75, 3.05) is 19.7 Å². The number of piperidine rings is 1. The van der Waals surface area contributed by atoms with Crippen molar-refractivity contribution in [3.05, 3.63) is 82.4 Å². The van der Waals surface area contributed by atoms with E-state index in [9.17, 15) is 13.2 Å². The van der Waals surface area contributed by atoms with E-state index in [4.69, 9.17) is 4.74 Å². The van der Waals surface area contributed by atoms with Crippen LogP contribution < -0.4 is 0 Å². The van der Waals surface area contributed by atoms with Gasteiger partial charge in [0.05, 0.1) is 17.1 Å². The van der Waals surface area contributed by atoms with Crippen molar-refractivity contribution < 1.29 is 22.3 Å². The maximum Gasteiger partial charge on any atom is 0.338 e. The molecule has 1 fully saturated rings. The van der Waals surface area contributed by atoms with Gasteiger partial charge in [0, 0.05) is 24.6 Å². The van der Waals surface area contributed by atoms with Gasteiger partial charge in [-0.3, -0.25) is 0 Å². The Morgan fingerprint density at radius 2 is 1.85 bits per heavy atom. The first-order chi connectivity index (χ1) is 15.8. The second-order valence-electron chi connectivity index (χ2n) is 8.49. The molecule has 1 heterocycles. The first-order valence-electron chi connectivity index (χ1n) is 11.2. The number of fused-ring (bicyclic) bond motifs is 1. The second kappa shape index (κ2) is 9.61. The van der Waals surface area contributed by atoms with E-state index in [1.807, 2.05) is 13.0 Å². The molecule has 2 aromatic rings. The van der Waals surface area contributed by atoms with Crippen LogP contribution in [0.15, 0.2) is 70.6 Å². The van der Waals surface area contributed by atoms with E-state index >= 15 is 4.39 Å². The Morgan fingerprint density at radius 3 is 2.58 bits per heavy atom. The lowest BCUT2D eigenvalue weighted by molar-refractivity contribution is 0.0526. The van der Waals surface area contributed by atoms with Crippen LogP contribution in [0.4, 0.5) is 4.39 Å². The van der Waals surface area contributed by atoms with E-state index < -0.39 is 21.8 Å². The number of ether oxygens (including phenoxy) is 1. The molecule has 2 aliphatic rings. The molecular weight excluding hydrogens is 441 g/mol. The molecule has 0 amide bonds. The number of benzene rings is 2. The molecule has 4 rings (SSSR count). The smallest absolute Gasteiger partial charge is 0.338 e. The second-order valence-corrected chi connectivity index (χ2v) is 10.4. The molecule has 1 unspecified atom stereocenters. The van der Waals surface area contributed by atoms with Gasteiger partial charge in [-0.2, -0.15) is 4.31 Å². The third-order valence-electron chi connectivity index (χ3n) is 6.25. The highest BCUT2D eigenvalue weighted by Gasteiger charge is 2.37. The standard InChI is InChI=1S/C26H28FNO4S/c1-3-32-26(29)20-9-6-8-19(15-20)25(27)24-17-28(16-21-7-4-5-10-23(21)24)33(30,31)22-13-11-18(2)12-14-22/h6-9,11-15,23H,3-5,10,16-17H2,1-2H3/b25-24+. The largest absolute Gasteiger partial charge is 0.462 e. The van der Waals surface area contributed by atoms with Gasteiger partial charge in [-0.1, -0.05) is 41.5 Å². The Kier molecular flexibility index (Phi) is 6.81. The number of aryl methyl sites for hydroxylation is 1. The van der Waals surface area contributed by atoms with Gasteiger partial charge in [-0.25, -0.2) is 17.6 Å². The Morgan fingerprint density at radius 1 is 1.12 bits per heavy atom. The fourth-order valence-electron chi connectivity index (χ4n) is 4.50. The summed E-state index contributed by atoms with van der Waals surface area (Å²) in [6.45, 7) is 4.09. The fourth-order valence-corrected chi connectivity index (χ4v) is 5.91. The highest BCUT2D eigenvalue weighted by molar-refractivity contribution is 7.89. The molecule has 5 nitrogen and oxygen atoms in total. The molecule has 1 atom stereocenters. The van der Waals surface area contributed by atoms with Crippen molar-refractivity contribution >= 4 is 21.8 Å². The summed E-state index contributed by atoms with van der Waals surface area (Å²) in [5.41, 5.74) is 2.88. The summed E-state index contributed by atoms with van der Waals surface area (Å²) in [4.78, 5) is 12.3. The molecule has 174 valence electrons. The van der Waals surface area contributed by atoms with Gasteiger partial charge in [0.15, 0.2) is 0 Å². The SMILES string of the molecule is CCOC(=O)c1cccc(/C(F)=C2/CN(S(=O)(=O)c3ccc(C)cc3)CC3=CCCCC32)c1. The van der Waals surface area contributed by atoms with Crippen molar-refractivity contribution in [2.45, 2.75) is 38.0 Å². The van der Waals surface area contributed by atoms with Crippen LogP contribution in [0.2, 0.25) is 0 Å². The maximum absolute atomic E-state index is 15.9. The molecule has 0 radical (unpaired) electrons. The van der Waals surface area contributed by atoms with Crippen LogP contribution in [0.5, 0.6) is 0 Å². The number of rotatable bonds is 5. The minimum absolute atomic E-state index is 0.0202. The third kappa shape index (κ3) is 4.80. The summed E-state index contributed by atoms with van der Waals surface area (Å²) in [7, 11) is -3.79. The average molecular weight is 470 g/mol. The van der Waals surface area contributed by atoms with Gasteiger partial charge in [0.25, 0.3) is 0 Å². The van der Waals surface area contributed by atoms with E-state index in [1.165, 1.54) is 10.4 Å². The lowest BCUT2D eigenvalue weighted by Gasteiger charge is -2.38. The molecule has 0 saturated carbocycles. The molecule has 33 heavy (non-hydrogen) atoms. The van der Waals surface area contributed by atoms with Crippen LogP contribution in [0.3, 0.4) is 0 Å². The molecule has 1 saturated heterocycles. The van der Waals surface area contributed by atoms with Crippen molar-refractivity contribution in [2.24, 2.45) is 5.92 Å². The summed E-state index contributed by atoms with van der Waals surface area (Å²) in [5.74, 6) is -1.11. The van der Waals surface area contributed by atoms with Gasteiger partial charge < -0.3 is 4.74 Å². The molecule has 2 aromatic carbocycles. The van der Waals surface area contributed by atoms with Crippen LogP contribution in [0.1, 0.15) is 47.7 Å². The number of hydrogen-bond donors (Lipinski definition) is 0. The van der Waals surface area contributed by atoms with Gasteiger partial charge in [0.1, 0.15) is 5.83 Å². The van der Waals surface area contributed by atoms with Gasteiger partial charge >= 0.3 is 5.97 Å². The molecule has 0 bridgehead atoms. The number of halogens is 1. The van der Waals surface area contributed by atoms with Crippen LogP contribution >= 0.6 is 0 Å². The number of carbonyl (C=O) groups is 1. The van der Waals surface area contributed by atoms with Crippen molar-refractivity contribution in [1.82, 2.24) is 4.31 Å². The van der Waals surface area contributed by atoms with Crippen molar-refractivity contribution in [3.8, 4) is 0 Å². The number of carbonyl (C=O) groups excluding carboxylic acids is 1. The van der Waals surface area contributed by atoms with E-state index in [0.29, 0.717) is 5.57 Å².